The molecule has 2 atom stereocenters. The van der Waals surface area contributed by atoms with Crippen molar-refractivity contribution < 1.29 is 33.4 Å². The van der Waals surface area contributed by atoms with Crippen molar-refractivity contribution in [1.29, 1.82) is 0 Å². The zero-order chi connectivity index (χ0) is 28.2. The van der Waals surface area contributed by atoms with Gasteiger partial charge in [0.15, 0.2) is 6.61 Å². The van der Waals surface area contributed by atoms with Crippen LogP contribution in [0, 0.1) is 12.3 Å². The quantitative estimate of drug-likeness (QED) is 0.274. The lowest BCUT2D eigenvalue weighted by atomic mass is 9.98. The second-order valence-corrected chi connectivity index (χ2v) is 11.8. The Morgan fingerprint density at radius 2 is 1.90 bits per heavy atom. The number of esters is 2. The van der Waals surface area contributed by atoms with Crippen molar-refractivity contribution >= 4 is 52.9 Å². The summed E-state index contributed by atoms with van der Waals surface area (Å²) in [5.74, 6) is -1.29. The molecule has 2 amide bonds. The van der Waals surface area contributed by atoms with Gasteiger partial charge < -0.3 is 19.5 Å². The highest BCUT2D eigenvalue weighted by atomic mass is 32.2. The van der Waals surface area contributed by atoms with E-state index in [0.717, 1.165) is 10.6 Å². The summed E-state index contributed by atoms with van der Waals surface area (Å²) in [5, 5.41) is 2.20. The first-order valence-corrected chi connectivity index (χ1v) is 14.1. The Balaban J connectivity index is 1.47. The summed E-state index contributed by atoms with van der Waals surface area (Å²) in [7, 11) is 0. The van der Waals surface area contributed by atoms with E-state index in [2.05, 4.69) is 10.3 Å². The highest BCUT2D eigenvalue weighted by molar-refractivity contribution is 8.00. The first-order chi connectivity index (χ1) is 18.6. The highest BCUT2D eigenvalue weighted by Gasteiger charge is 2.54. The summed E-state index contributed by atoms with van der Waals surface area (Å²) in [6.45, 7) is 6.10. The maximum Gasteiger partial charge on any atom is 0.358 e. The molecule has 0 spiro atoms. The number of ether oxygens (including phenoxy) is 3. The number of carbonyl (C=O) groups excluding carboxylic acids is 4. The molecule has 1 unspecified atom stereocenters. The summed E-state index contributed by atoms with van der Waals surface area (Å²) in [6.07, 6.45) is 3.59. The first-order valence-electron chi connectivity index (χ1n) is 12.1. The van der Waals surface area contributed by atoms with E-state index in [-0.39, 0.29) is 12.3 Å². The van der Waals surface area contributed by atoms with Gasteiger partial charge in [-0.1, -0.05) is 24.3 Å². The second kappa shape index (κ2) is 12.0. The number of thioether (sulfide) groups is 1. The largest absolute Gasteiger partial charge is 0.484 e. The minimum absolute atomic E-state index is 0.0556. The van der Waals surface area contributed by atoms with Crippen LogP contribution in [0.4, 0.5) is 0 Å². The van der Waals surface area contributed by atoms with Crippen molar-refractivity contribution in [1.82, 2.24) is 15.2 Å². The average molecular weight is 572 g/mol. The number of hydrogen-bond acceptors (Lipinski definition) is 10. The molecular formula is C27H29N3O7S2. The molecule has 1 saturated heterocycles. The predicted octanol–water partition coefficient (Wildman–Crippen LogP) is 3.29. The Morgan fingerprint density at radius 1 is 1.15 bits per heavy atom. The summed E-state index contributed by atoms with van der Waals surface area (Å²) in [6, 6.07) is 8.05. The van der Waals surface area contributed by atoms with Gasteiger partial charge in [0.25, 0.3) is 11.8 Å². The van der Waals surface area contributed by atoms with Gasteiger partial charge in [-0.3, -0.25) is 19.3 Å². The van der Waals surface area contributed by atoms with E-state index in [9.17, 15) is 19.2 Å². The zero-order valence-electron chi connectivity index (χ0n) is 22.0. The minimum Gasteiger partial charge on any atom is -0.484 e. The van der Waals surface area contributed by atoms with Crippen LogP contribution in [-0.2, 0) is 28.7 Å². The van der Waals surface area contributed by atoms with Crippen LogP contribution in [0.1, 0.15) is 31.3 Å². The number of aryl methyl sites for hydroxylation is 1. The van der Waals surface area contributed by atoms with Crippen LogP contribution in [0.3, 0.4) is 0 Å². The van der Waals surface area contributed by atoms with E-state index < -0.39 is 47.4 Å². The SMILES string of the molecule is Cc1ncsc1/C=C/C1=C(C(=O)OCOC(=O)C(C)(C)C)N2C(=O)C(NC(=O)COc3ccccc3)[C@H]2SC1. The standard InChI is InChI=1S/C27H29N3O7S2/c1-16-19(39-14-28-16)11-10-17-13-38-24-21(29-20(31)12-35-18-8-6-5-7-9-18)23(32)30(24)22(17)25(33)36-15-37-26(34)27(2,3)4/h5-11,14,21,24H,12-13,15H2,1-4H3,(H,29,31)/b11-10+/t21?,24-/m1/s1. The van der Waals surface area contributed by atoms with Crippen LogP contribution in [0.5, 0.6) is 5.75 Å². The monoisotopic (exact) mass is 571 g/mol. The maximum absolute atomic E-state index is 13.2. The molecule has 206 valence electrons. The fourth-order valence-electron chi connectivity index (χ4n) is 3.71. The van der Waals surface area contributed by atoms with Crippen LogP contribution in [-0.4, -0.2) is 64.2 Å². The van der Waals surface area contributed by atoms with Crippen LogP contribution in [0.15, 0.2) is 53.2 Å². The normalized spacial score (nSPS) is 18.9. The molecule has 0 bridgehead atoms. The minimum atomic E-state index is -0.822. The number of rotatable bonds is 9. The van der Waals surface area contributed by atoms with E-state index in [4.69, 9.17) is 14.2 Å². The Bertz CT molecular complexity index is 1310. The first kappa shape index (κ1) is 28.4. The number of nitrogens with one attached hydrogen (secondary N) is 1. The topological polar surface area (TPSA) is 124 Å². The molecule has 2 aliphatic rings. The number of amides is 2. The van der Waals surface area contributed by atoms with Gasteiger partial charge in [-0.05, 0) is 51.5 Å². The molecule has 1 aromatic carbocycles. The third-order valence-electron chi connectivity index (χ3n) is 5.83. The van der Waals surface area contributed by atoms with Crippen molar-refractivity contribution in [2.75, 3.05) is 19.2 Å². The lowest BCUT2D eigenvalue weighted by Crippen LogP contribution is -2.70. The summed E-state index contributed by atoms with van der Waals surface area (Å²) in [5.41, 5.74) is 2.43. The maximum atomic E-state index is 13.2. The number of carbonyl (C=O) groups is 4. The van der Waals surface area contributed by atoms with Gasteiger partial charge in [-0.2, -0.15) is 0 Å². The van der Waals surface area contributed by atoms with Gasteiger partial charge in [0.2, 0.25) is 6.79 Å². The third kappa shape index (κ3) is 6.69. The molecule has 2 aliphatic heterocycles. The fraction of sp³-hybridized carbons (Fsp3) is 0.370. The average Bonchev–Trinajstić information content (AvgIpc) is 3.32. The summed E-state index contributed by atoms with van der Waals surface area (Å²) < 4.78 is 15.8. The molecule has 4 rings (SSSR count). The summed E-state index contributed by atoms with van der Waals surface area (Å²) in [4.78, 5) is 57.3. The van der Waals surface area contributed by atoms with Gasteiger partial charge in [-0.25, -0.2) is 9.78 Å². The Morgan fingerprint density at radius 3 is 2.56 bits per heavy atom. The molecule has 12 heteroatoms. The van der Waals surface area contributed by atoms with Crippen molar-refractivity contribution in [2.45, 2.75) is 39.1 Å². The zero-order valence-corrected chi connectivity index (χ0v) is 23.6. The predicted molar refractivity (Wildman–Crippen MR) is 146 cm³/mol. The molecule has 3 heterocycles. The lowest BCUT2D eigenvalue weighted by Gasteiger charge is -2.49. The fourth-order valence-corrected chi connectivity index (χ4v) is 5.72. The molecule has 1 N–H and O–H groups in total. The van der Waals surface area contributed by atoms with Crippen molar-refractivity contribution in [2.24, 2.45) is 5.41 Å². The van der Waals surface area contributed by atoms with Crippen LogP contribution >= 0.6 is 23.1 Å². The van der Waals surface area contributed by atoms with Crippen LogP contribution < -0.4 is 10.1 Å². The Labute approximate surface area is 234 Å². The van der Waals surface area contributed by atoms with Gasteiger partial charge in [0.05, 0.1) is 16.6 Å². The smallest absolute Gasteiger partial charge is 0.358 e. The van der Waals surface area contributed by atoms with Crippen LogP contribution in [0.2, 0.25) is 0 Å². The van der Waals surface area contributed by atoms with Gasteiger partial charge in [0, 0.05) is 10.6 Å². The number of allylic oxidation sites excluding steroid dienone is 1. The molecule has 2 aromatic rings. The van der Waals surface area contributed by atoms with Crippen molar-refractivity contribution in [3.63, 3.8) is 0 Å². The van der Waals surface area contributed by atoms with Gasteiger partial charge in [-0.15, -0.1) is 23.1 Å². The number of thiazole rings is 1. The van der Waals surface area contributed by atoms with Gasteiger partial charge >= 0.3 is 11.9 Å². The Hall–Kier alpha value is -3.64. The molecule has 0 saturated carbocycles. The molecular weight excluding hydrogens is 542 g/mol. The van der Waals surface area contributed by atoms with E-state index in [1.54, 1.807) is 56.6 Å². The number of fused-ring (bicyclic) bond motifs is 1. The van der Waals surface area contributed by atoms with Crippen molar-refractivity contribution in [3.8, 4) is 5.75 Å². The molecule has 0 radical (unpaired) electrons. The highest BCUT2D eigenvalue weighted by Crippen LogP contribution is 2.41. The molecule has 0 aliphatic carbocycles. The van der Waals surface area contributed by atoms with E-state index >= 15 is 0 Å². The number of nitrogens with zero attached hydrogens (tertiary/aromatic N) is 2. The van der Waals surface area contributed by atoms with Crippen molar-refractivity contribution in [3.05, 3.63) is 63.8 Å². The number of aromatic nitrogens is 1. The number of para-hydroxylation sites is 1. The number of β-lactam (4-membered cyclic amide) rings is 1. The van der Waals surface area contributed by atoms with Gasteiger partial charge in [0.1, 0.15) is 22.9 Å². The lowest BCUT2D eigenvalue weighted by molar-refractivity contribution is -0.173. The molecule has 39 heavy (non-hydrogen) atoms. The third-order valence-corrected chi connectivity index (χ3v) is 8.03. The van der Waals surface area contributed by atoms with E-state index in [1.165, 1.54) is 28.0 Å². The molecule has 10 nitrogen and oxygen atoms in total. The van der Waals surface area contributed by atoms with E-state index in [0.29, 0.717) is 17.1 Å². The molecule has 1 fully saturated rings. The van der Waals surface area contributed by atoms with Crippen LogP contribution in [0.25, 0.3) is 6.08 Å². The van der Waals surface area contributed by atoms with E-state index in [1.807, 2.05) is 19.1 Å². The molecule has 1 aromatic heterocycles. The number of benzene rings is 1. The number of hydrogen-bond donors (Lipinski definition) is 1. The summed E-state index contributed by atoms with van der Waals surface area (Å²) >= 11 is 2.87. The second-order valence-electron chi connectivity index (χ2n) is 9.80. The Kier molecular flexibility index (Phi) is 8.76.